The number of ether oxygens (including phenoxy) is 1. The van der Waals surface area contributed by atoms with Gasteiger partial charge in [-0.15, -0.1) is 12.4 Å². The van der Waals surface area contributed by atoms with E-state index in [9.17, 15) is 13.2 Å². The SMILES string of the molecule is Cl.N[C@@H](c1ccc(C(F)(F)F)c(Cl)c1)C1CCOCC1. The first-order chi connectivity index (χ1) is 8.89. The van der Waals surface area contributed by atoms with Crippen LogP contribution in [0.5, 0.6) is 0 Å². The van der Waals surface area contributed by atoms with Crippen LogP contribution in [-0.4, -0.2) is 13.2 Å². The van der Waals surface area contributed by atoms with Crippen LogP contribution in [0.2, 0.25) is 5.02 Å². The summed E-state index contributed by atoms with van der Waals surface area (Å²) >= 11 is 5.70. The van der Waals surface area contributed by atoms with Crippen LogP contribution in [0.3, 0.4) is 0 Å². The van der Waals surface area contributed by atoms with Gasteiger partial charge >= 0.3 is 6.18 Å². The molecule has 0 spiro atoms. The summed E-state index contributed by atoms with van der Waals surface area (Å²) in [5.41, 5.74) is 5.92. The summed E-state index contributed by atoms with van der Waals surface area (Å²) in [7, 11) is 0. The monoisotopic (exact) mass is 329 g/mol. The summed E-state index contributed by atoms with van der Waals surface area (Å²) in [5.74, 6) is 0.224. The highest BCUT2D eigenvalue weighted by Gasteiger charge is 2.33. The van der Waals surface area contributed by atoms with Gasteiger partial charge in [0.25, 0.3) is 0 Å². The van der Waals surface area contributed by atoms with Crippen molar-refractivity contribution in [1.29, 1.82) is 0 Å². The highest BCUT2D eigenvalue weighted by molar-refractivity contribution is 6.31. The van der Waals surface area contributed by atoms with Crippen molar-refractivity contribution in [3.05, 3.63) is 34.3 Å². The van der Waals surface area contributed by atoms with Gasteiger partial charge in [-0.3, -0.25) is 0 Å². The summed E-state index contributed by atoms with van der Waals surface area (Å²) in [6, 6.07) is 3.43. The number of alkyl halides is 3. The average molecular weight is 330 g/mol. The molecule has 0 unspecified atom stereocenters. The molecule has 1 aliphatic heterocycles. The van der Waals surface area contributed by atoms with Crippen LogP contribution < -0.4 is 5.73 Å². The molecule has 2 N–H and O–H groups in total. The number of rotatable bonds is 2. The highest BCUT2D eigenvalue weighted by atomic mass is 35.5. The van der Waals surface area contributed by atoms with E-state index in [1.807, 2.05) is 0 Å². The molecule has 0 bridgehead atoms. The maximum absolute atomic E-state index is 12.6. The van der Waals surface area contributed by atoms with Crippen LogP contribution in [-0.2, 0) is 10.9 Å². The summed E-state index contributed by atoms with van der Waals surface area (Å²) in [5, 5.41) is -0.299. The fourth-order valence-corrected chi connectivity index (χ4v) is 2.61. The first-order valence-corrected chi connectivity index (χ1v) is 6.47. The second-order valence-corrected chi connectivity index (χ2v) is 5.12. The summed E-state index contributed by atoms with van der Waals surface area (Å²) in [6.07, 6.45) is -2.79. The molecule has 114 valence electrons. The van der Waals surface area contributed by atoms with Crippen LogP contribution in [0, 0.1) is 5.92 Å². The molecular formula is C13H16Cl2F3NO. The fraction of sp³-hybridized carbons (Fsp3) is 0.538. The molecule has 1 fully saturated rings. The summed E-state index contributed by atoms with van der Waals surface area (Å²) < 4.78 is 43.1. The van der Waals surface area contributed by atoms with Gasteiger partial charge in [0.15, 0.2) is 0 Å². The van der Waals surface area contributed by atoms with Gasteiger partial charge in [-0.05, 0) is 36.5 Å². The van der Waals surface area contributed by atoms with Crippen molar-refractivity contribution in [3.63, 3.8) is 0 Å². The molecule has 7 heteroatoms. The van der Waals surface area contributed by atoms with E-state index in [4.69, 9.17) is 22.1 Å². The molecule has 0 saturated carbocycles. The average Bonchev–Trinajstić information content (AvgIpc) is 2.37. The van der Waals surface area contributed by atoms with Gasteiger partial charge in [-0.25, -0.2) is 0 Å². The van der Waals surface area contributed by atoms with E-state index in [1.54, 1.807) is 0 Å². The molecule has 1 aliphatic rings. The van der Waals surface area contributed by atoms with Gasteiger partial charge in [0.2, 0.25) is 0 Å². The van der Waals surface area contributed by atoms with E-state index >= 15 is 0 Å². The summed E-state index contributed by atoms with van der Waals surface area (Å²) in [4.78, 5) is 0. The minimum Gasteiger partial charge on any atom is -0.381 e. The zero-order chi connectivity index (χ0) is 14.0. The van der Waals surface area contributed by atoms with Crippen LogP contribution in [0.25, 0.3) is 0 Å². The van der Waals surface area contributed by atoms with Crippen molar-refractivity contribution in [1.82, 2.24) is 0 Å². The van der Waals surface area contributed by atoms with Crippen LogP contribution in [0.15, 0.2) is 18.2 Å². The third-order valence-electron chi connectivity index (χ3n) is 3.46. The second kappa shape index (κ2) is 6.98. The predicted octanol–water partition coefficient (Wildman–Crippen LogP) is 4.21. The lowest BCUT2D eigenvalue weighted by Gasteiger charge is -2.28. The fourth-order valence-electron chi connectivity index (χ4n) is 2.32. The van der Waals surface area contributed by atoms with E-state index in [-0.39, 0.29) is 29.4 Å². The molecule has 0 aromatic heterocycles. The Morgan fingerprint density at radius 2 is 1.85 bits per heavy atom. The molecule has 1 saturated heterocycles. The van der Waals surface area contributed by atoms with Gasteiger partial charge in [0.1, 0.15) is 0 Å². The van der Waals surface area contributed by atoms with Crippen molar-refractivity contribution in [2.75, 3.05) is 13.2 Å². The first-order valence-electron chi connectivity index (χ1n) is 6.09. The normalized spacial score (nSPS) is 18.4. The minimum atomic E-state index is -4.43. The lowest BCUT2D eigenvalue weighted by Crippen LogP contribution is -2.27. The molecule has 2 rings (SSSR count). The molecule has 0 amide bonds. The van der Waals surface area contributed by atoms with Crippen LogP contribution in [0.4, 0.5) is 13.2 Å². The number of hydrogen-bond donors (Lipinski definition) is 1. The molecule has 1 atom stereocenters. The Labute approximate surface area is 126 Å². The third-order valence-corrected chi connectivity index (χ3v) is 3.77. The Morgan fingerprint density at radius 3 is 2.35 bits per heavy atom. The van der Waals surface area contributed by atoms with Gasteiger partial charge in [0.05, 0.1) is 10.6 Å². The summed E-state index contributed by atoms with van der Waals surface area (Å²) in [6.45, 7) is 1.29. The number of benzene rings is 1. The molecule has 1 aromatic rings. The largest absolute Gasteiger partial charge is 0.417 e. The smallest absolute Gasteiger partial charge is 0.381 e. The van der Waals surface area contributed by atoms with Crippen molar-refractivity contribution in [2.45, 2.75) is 25.1 Å². The van der Waals surface area contributed by atoms with Gasteiger partial charge in [-0.2, -0.15) is 13.2 Å². The van der Waals surface area contributed by atoms with Crippen molar-refractivity contribution in [3.8, 4) is 0 Å². The Bertz CT molecular complexity index is 448. The molecule has 20 heavy (non-hydrogen) atoms. The lowest BCUT2D eigenvalue weighted by molar-refractivity contribution is -0.137. The van der Waals surface area contributed by atoms with E-state index in [0.717, 1.165) is 18.9 Å². The maximum Gasteiger partial charge on any atom is 0.417 e. The van der Waals surface area contributed by atoms with Gasteiger partial charge < -0.3 is 10.5 Å². The predicted molar refractivity (Wildman–Crippen MR) is 74.2 cm³/mol. The third kappa shape index (κ3) is 4.01. The molecular weight excluding hydrogens is 314 g/mol. The Balaban J connectivity index is 0.00000200. The van der Waals surface area contributed by atoms with Crippen molar-refractivity contribution >= 4 is 24.0 Å². The Morgan fingerprint density at radius 1 is 1.25 bits per heavy atom. The Kier molecular flexibility index (Phi) is 6.13. The maximum atomic E-state index is 12.6. The van der Waals surface area contributed by atoms with E-state index in [1.165, 1.54) is 12.1 Å². The number of hydrogen-bond acceptors (Lipinski definition) is 2. The first kappa shape index (κ1) is 17.6. The van der Waals surface area contributed by atoms with Crippen LogP contribution in [0.1, 0.15) is 30.0 Å². The highest BCUT2D eigenvalue weighted by Crippen LogP contribution is 2.37. The molecule has 0 radical (unpaired) electrons. The number of nitrogens with two attached hydrogens (primary N) is 1. The van der Waals surface area contributed by atoms with Crippen molar-refractivity contribution in [2.24, 2.45) is 11.7 Å². The Hall–Kier alpha value is -0.490. The minimum absolute atomic E-state index is 0. The molecule has 2 nitrogen and oxygen atoms in total. The van der Waals surface area contributed by atoms with Gasteiger partial charge in [-0.1, -0.05) is 17.7 Å². The quantitative estimate of drug-likeness (QED) is 0.882. The second-order valence-electron chi connectivity index (χ2n) is 4.71. The van der Waals surface area contributed by atoms with Crippen molar-refractivity contribution < 1.29 is 17.9 Å². The van der Waals surface area contributed by atoms with E-state index in [0.29, 0.717) is 18.8 Å². The molecule has 1 aromatic carbocycles. The molecule has 1 heterocycles. The number of halogens is 5. The van der Waals surface area contributed by atoms with Crippen LogP contribution >= 0.6 is 24.0 Å². The standard InChI is InChI=1S/C13H15ClF3NO.ClH/c14-11-7-9(1-2-10(11)13(15,16)17)12(18)8-3-5-19-6-4-8;/h1-2,7-8,12H,3-6,18H2;1H/t12-;/m1./s1. The topological polar surface area (TPSA) is 35.2 Å². The molecule has 0 aliphatic carbocycles. The zero-order valence-corrected chi connectivity index (χ0v) is 12.2. The zero-order valence-electron chi connectivity index (χ0n) is 10.6. The van der Waals surface area contributed by atoms with E-state index in [2.05, 4.69) is 0 Å². The lowest BCUT2D eigenvalue weighted by atomic mass is 9.87. The van der Waals surface area contributed by atoms with Gasteiger partial charge in [0, 0.05) is 19.3 Å². The van der Waals surface area contributed by atoms with E-state index < -0.39 is 11.7 Å².